The Morgan fingerprint density at radius 2 is 2.56 bits per heavy atom. The van der Waals surface area contributed by atoms with Crippen molar-refractivity contribution in [2.45, 2.75) is 13.5 Å². The van der Waals surface area contributed by atoms with Gasteiger partial charge >= 0.3 is 0 Å². The smallest absolute Gasteiger partial charge is 0.0589 e. The molecule has 1 aromatic heterocycles. The van der Waals surface area contributed by atoms with Crippen LogP contribution in [0.2, 0.25) is 0 Å². The number of allylic oxidation sites excluding steroid dienone is 2. The van der Waals surface area contributed by atoms with Crippen molar-refractivity contribution in [1.29, 1.82) is 0 Å². The fourth-order valence-electron chi connectivity index (χ4n) is 0.622. The van der Waals surface area contributed by atoms with Crippen LogP contribution in [-0.2, 0) is 6.54 Å². The van der Waals surface area contributed by atoms with E-state index in [-0.39, 0.29) is 0 Å². The lowest BCUT2D eigenvalue weighted by atomic mass is 10.5. The molecule has 0 amide bonds. The molecule has 0 aliphatic rings. The van der Waals surface area contributed by atoms with Crippen LogP contribution in [0.1, 0.15) is 6.92 Å². The lowest BCUT2D eigenvalue weighted by molar-refractivity contribution is 0.701. The summed E-state index contributed by atoms with van der Waals surface area (Å²) in [4.78, 5) is 0. The van der Waals surface area contributed by atoms with Crippen molar-refractivity contribution in [3.05, 3.63) is 30.6 Å². The van der Waals surface area contributed by atoms with E-state index < -0.39 is 0 Å². The van der Waals surface area contributed by atoms with Gasteiger partial charge in [-0.15, -0.1) is 0 Å². The van der Waals surface area contributed by atoms with E-state index in [1.165, 1.54) is 0 Å². The van der Waals surface area contributed by atoms with Gasteiger partial charge in [-0.3, -0.25) is 4.68 Å². The maximum atomic E-state index is 4.02. The summed E-state index contributed by atoms with van der Waals surface area (Å²) < 4.78 is 1.88. The van der Waals surface area contributed by atoms with Gasteiger partial charge in [0.15, 0.2) is 0 Å². The van der Waals surface area contributed by atoms with Crippen LogP contribution < -0.4 is 0 Å². The molecule has 0 aromatic carbocycles. The minimum Gasteiger partial charge on any atom is -0.269 e. The van der Waals surface area contributed by atoms with Crippen molar-refractivity contribution in [1.82, 2.24) is 9.78 Å². The monoisotopic (exact) mass is 122 g/mol. The van der Waals surface area contributed by atoms with Gasteiger partial charge in [-0.05, 0) is 13.0 Å². The predicted molar refractivity (Wildman–Crippen MR) is 37.0 cm³/mol. The molecule has 0 fully saturated rings. The van der Waals surface area contributed by atoms with E-state index in [1.54, 1.807) is 6.20 Å². The summed E-state index contributed by atoms with van der Waals surface area (Å²) in [5, 5.41) is 4.02. The van der Waals surface area contributed by atoms with E-state index in [0.29, 0.717) is 0 Å². The first-order chi connectivity index (χ1) is 4.43. The van der Waals surface area contributed by atoms with Crippen molar-refractivity contribution in [3.8, 4) is 0 Å². The zero-order valence-electron chi connectivity index (χ0n) is 5.49. The molecule has 1 aromatic rings. The van der Waals surface area contributed by atoms with E-state index in [9.17, 15) is 0 Å². The van der Waals surface area contributed by atoms with Crippen LogP contribution in [0.3, 0.4) is 0 Å². The van der Waals surface area contributed by atoms with Gasteiger partial charge in [-0.2, -0.15) is 5.10 Å². The van der Waals surface area contributed by atoms with Crippen LogP contribution in [0.4, 0.5) is 0 Å². The summed E-state index contributed by atoms with van der Waals surface area (Å²) in [6, 6.07) is 1.92. The highest BCUT2D eigenvalue weighted by Crippen LogP contribution is 1.84. The van der Waals surface area contributed by atoms with Gasteiger partial charge in [0.2, 0.25) is 0 Å². The Morgan fingerprint density at radius 3 is 3.11 bits per heavy atom. The van der Waals surface area contributed by atoms with E-state index in [2.05, 4.69) is 11.2 Å². The van der Waals surface area contributed by atoms with Gasteiger partial charge in [0.25, 0.3) is 0 Å². The molecule has 0 atom stereocenters. The first-order valence-electron chi connectivity index (χ1n) is 3.02. The Morgan fingerprint density at radius 1 is 1.67 bits per heavy atom. The third-order valence-electron chi connectivity index (χ3n) is 1.09. The van der Waals surface area contributed by atoms with Gasteiger partial charge in [-0.25, -0.2) is 0 Å². The Hall–Kier alpha value is -1.05. The standard InChI is InChI=1S/C7H10N2/c1-2-3-6-9-7-4-5-8-9/h2-5,7H,6H2,1H3. The third-order valence-corrected chi connectivity index (χ3v) is 1.09. The molecule has 9 heavy (non-hydrogen) atoms. The molecule has 0 aliphatic heterocycles. The zero-order chi connectivity index (χ0) is 6.53. The minimum absolute atomic E-state index is 0.878. The van der Waals surface area contributed by atoms with Gasteiger partial charge in [-0.1, -0.05) is 12.2 Å². The van der Waals surface area contributed by atoms with E-state index in [1.807, 2.05) is 29.9 Å². The molecule has 2 heteroatoms. The van der Waals surface area contributed by atoms with E-state index >= 15 is 0 Å². The minimum atomic E-state index is 0.878. The first-order valence-corrected chi connectivity index (χ1v) is 3.02. The summed E-state index contributed by atoms with van der Waals surface area (Å²) >= 11 is 0. The molecule has 48 valence electrons. The fourth-order valence-corrected chi connectivity index (χ4v) is 0.622. The third kappa shape index (κ3) is 1.72. The van der Waals surface area contributed by atoms with Crippen molar-refractivity contribution < 1.29 is 0 Å². The highest BCUT2D eigenvalue weighted by molar-refractivity contribution is 4.83. The maximum Gasteiger partial charge on any atom is 0.0589 e. The second-order valence-corrected chi connectivity index (χ2v) is 1.80. The Bertz CT molecular complexity index is 175. The molecule has 1 rings (SSSR count). The topological polar surface area (TPSA) is 17.8 Å². The lowest BCUT2D eigenvalue weighted by Gasteiger charge is -1.90. The summed E-state index contributed by atoms with van der Waals surface area (Å²) in [6.45, 7) is 2.88. The molecule has 0 saturated carbocycles. The summed E-state index contributed by atoms with van der Waals surface area (Å²) in [5.41, 5.74) is 0. The Balaban J connectivity index is 2.48. The van der Waals surface area contributed by atoms with Crippen molar-refractivity contribution in [2.75, 3.05) is 0 Å². The number of rotatable bonds is 2. The Kier molecular flexibility index (Phi) is 2.07. The first kappa shape index (κ1) is 6.08. The molecule has 2 nitrogen and oxygen atoms in total. The summed E-state index contributed by atoms with van der Waals surface area (Å²) in [7, 11) is 0. The van der Waals surface area contributed by atoms with Crippen LogP contribution in [0.25, 0.3) is 0 Å². The van der Waals surface area contributed by atoms with Crippen LogP contribution in [0, 0.1) is 0 Å². The van der Waals surface area contributed by atoms with Crippen LogP contribution in [0.5, 0.6) is 0 Å². The highest BCUT2D eigenvalue weighted by atomic mass is 15.3. The van der Waals surface area contributed by atoms with Gasteiger partial charge < -0.3 is 0 Å². The highest BCUT2D eigenvalue weighted by Gasteiger charge is 1.80. The fraction of sp³-hybridized carbons (Fsp3) is 0.286. The predicted octanol–water partition coefficient (Wildman–Crippen LogP) is 1.46. The second kappa shape index (κ2) is 3.07. The number of hydrogen-bond acceptors (Lipinski definition) is 1. The molecule has 0 bridgehead atoms. The summed E-state index contributed by atoms with van der Waals surface area (Å²) in [5.74, 6) is 0. The largest absolute Gasteiger partial charge is 0.269 e. The van der Waals surface area contributed by atoms with Crippen LogP contribution in [-0.4, -0.2) is 9.78 Å². The molecule has 0 N–H and O–H groups in total. The number of hydrogen-bond donors (Lipinski definition) is 0. The van der Waals surface area contributed by atoms with E-state index in [0.717, 1.165) is 6.54 Å². The second-order valence-electron chi connectivity index (χ2n) is 1.80. The zero-order valence-corrected chi connectivity index (χ0v) is 5.49. The average Bonchev–Trinajstić information content (AvgIpc) is 2.34. The quantitative estimate of drug-likeness (QED) is 0.543. The molecule has 0 radical (unpaired) electrons. The molecule has 0 saturated heterocycles. The Labute approximate surface area is 54.8 Å². The van der Waals surface area contributed by atoms with E-state index in [4.69, 9.17) is 0 Å². The molecule has 0 unspecified atom stereocenters. The van der Waals surface area contributed by atoms with Crippen LogP contribution in [0.15, 0.2) is 30.6 Å². The lowest BCUT2D eigenvalue weighted by Crippen LogP contribution is -1.93. The molecular weight excluding hydrogens is 112 g/mol. The molecular formula is C7H10N2. The summed E-state index contributed by atoms with van der Waals surface area (Å²) in [6.07, 6.45) is 7.80. The number of nitrogens with zero attached hydrogens (tertiary/aromatic N) is 2. The van der Waals surface area contributed by atoms with Crippen LogP contribution >= 0.6 is 0 Å². The van der Waals surface area contributed by atoms with Crippen molar-refractivity contribution in [3.63, 3.8) is 0 Å². The number of aromatic nitrogens is 2. The SMILES string of the molecule is CC=CCn1cccn1. The van der Waals surface area contributed by atoms with Crippen molar-refractivity contribution in [2.24, 2.45) is 0 Å². The molecule has 0 spiro atoms. The van der Waals surface area contributed by atoms with Gasteiger partial charge in [0.05, 0.1) is 6.54 Å². The normalized spacial score (nSPS) is 10.8. The van der Waals surface area contributed by atoms with Gasteiger partial charge in [0.1, 0.15) is 0 Å². The van der Waals surface area contributed by atoms with Crippen molar-refractivity contribution >= 4 is 0 Å². The average molecular weight is 122 g/mol. The molecule has 0 aliphatic carbocycles. The van der Waals surface area contributed by atoms with Gasteiger partial charge in [0, 0.05) is 12.4 Å². The molecule has 1 heterocycles. The maximum absolute atomic E-state index is 4.02.